The zero-order chi connectivity index (χ0) is 13.5. The minimum atomic E-state index is -0.115. The molecule has 0 aliphatic heterocycles. The Hall–Kier alpha value is -0.830. The summed E-state index contributed by atoms with van der Waals surface area (Å²) in [6.07, 6.45) is 1.98. The fraction of sp³-hybridized carbons (Fsp3) is 0.533. The fourth-order valence-corrected chi connectivity index (χ4v) is 2.15. The molecule has 1 aromatic carbocycles. The van der Waals surface area contributed by atoms with Gasteiger partial charge in [-0.1, -0.05) is 55.3 Å². The van der Waals surface area contributed by atoms with Crippen molar-refractivity contribution in [2.75, 3.05) is 6.61 Å². The third-order valence-corrected chi connectivity index (χ3v) is 3.73. The van der Waals surface area contributed by atoms with Crippen molar-refractivity contribution in [3.05, 3.63) is 34.3 Å². The van der Waals surface area contributed by atoms with Gasteiger partial charge in [0.25, 0.3) is 0 Å². The first kappa shape index (κ1) is 15.2. The van der Waals surface area contributed by atoms with Crippen LogP contribution in [-0.4, -0.2) is 12.6 Å². The first-order valence-corrected chi connectivity index (χ1v) is 7.27. The van der Waals surface area contributed by atoms with Crippen LogP contribution in [0.15, 0.2) is 28.7 Å². The van der Waals surface area contributed by atoms with E-state index in [0.29, 0.717) is 6.61 Å². The lowest BCUT2D eigenvalue weighted by molar-refractivity contribution is -0.148. The number of hydrogen-bond donors (Lipinski definition) is 0. The predicted octanol–water partition coefficient (Wildman–Crippen LogP) is 4.53. The Morgan fingerprint density at radius 3 is 2.72 bits per heavy atom. The van der Waals surface area contributed by atoms with Gasteiger partial charge < -0.3 is 4.74 Å². The zero-order valence-corrected chi connectivity index (χ0v) is 12.9. The van der Waals surface area contributed by atoms with E-state index in [2.05, 4.69) is 35.8 Å². The van der Waals surface area contributed by atoms with Crippen molar-refractivity contribution < 1.29 is 9.53 Å². The van der Waals surface area contributed by atoms with Crippen molar-refractivity contribution in [2.45, 2.75) is 39.5 Å². The zero-order valence-electron chi connectivity index (χ0n) is 11.3. The Bertz CT molecular complexity index is 390. The molecule has 100 valence electrons. The Morgan fingerprint density at radius 1 is 1.39 bits per heavy atom. The van der Waals surface area contributed by atoms with Crippen molar-refractivity contribution in [2.24, 2.45) is 5.92 Å². The van der Waals surface area contributed by atoms with Crippen molar-refractivity contribution in [3.8, 4) is 0 Å². The Balaban J connectivity index is 2.60. The van der Waals surface area contributed by atoms with Crippen molar-refractivity contribution >= 4 is 21.9 Å². The molecule has 2 nitrogen and oxygen atoms in total. The summed E-state index contributed by atoms with van der Waals surface area (Å²) >= 11 is 3.45. The number of halogens is 1. The second-order valence-electron chi connectivity index (χ2n) is 4.65. The molecule has 0 aliphatic carbocycles. The highest BCUT2D eigenvalue weighted by Gasteiger charge is 2.22. The minimum Gasteiger partial charge on any atom is -0.465 e. The van der Waals surface area contributed by atoms with E-state index in [1.807, 2.05) is 25.1 Å². The lowest BCUT2D eigenvalue weighted by atomic mass is 9.89. The van der Waals surface area contributed by atoms with Crippen molar-refractivity contribution in [1.29, 1.82) is 0 Å². The molecule has 0 spiro atoms. The second-order valence-corrected chi connectivity index (χ2v) is 5.57. The summed E-state index contributed by atoms with van der Waals surface area (Å²) in [5.74, 6) is -0.0521. The number of benzene rings is 1. The number of carbonyl (C=O) groups excluding carboxylic acids is 1. The summed E-state index contributed by atoms with van der Waals surface area (Å²) in [7, 11) is 0. The third-order valence-electron chi connectivity index (χ3n) is 3.24. The summed E-state index contributed by atoms with van der Waals surface area (Å²) in [5, 5.41) is 0. The molecular formula is C15H21BrO2. The van der Waals surface area contributed by atoms with E-state index in [1.165, 1.54) is 0 Å². The lowest BCUT2D eigenvalue weighted by Gasteiger charge is -2.19. The van der Waals surface area contributed by atoms with Crippen LogP contribution >= 0.6 is 15.9 Å². The second kappa shape index (κ2) is 7.57. The number of esters is 1. The van der Waals surface area contributed by atoms with Crippen LogP contribution in [0.4, 0.5) is 0 Å². The average molecular weight is 313 g/mol. The van der Waals surface area contributed by atoms with Gasteiger partial charge in [0.15, 0.2) is 0 Å². The number of hydrogen-bond acceptors (Lipinski definition) is 2. The standard InChI is InChI=1S/C15H21BrO2/c1-4-5-9-18-15(17)12(3)11(2)13-7-6-8-14(16)10-13/h6-8,10-12H,4-5,9H2,1-3H3. The summed E-state index contributed by atoms with van der Waals surface area (Å²) in [6.45, 7) is 6.61. The maximum Gasteiger partial charge on any atom is 0.309 e. The van der Waals surface area contributed by atoms with E-state index in [-0.39, 0.29) is 17.8 Å². The molecule has 0 saturated heterocycles. The smallest absolute Gasteiger partial charge is 0.309 e. The van der Waals surface area contributed by atoms with E-state index in [1.54, 1.807) is 0 Å². The van der Waals surface area contributed by atoms with E-state index >= 15 is 0 Å². The van der Waals surface area contributed by atoms with Crippen LogP contribution < -0.4 is 0 Å². The Labute approximate surface area is 118 Å². The van der Waals surface area contributed by atoms with Gasteiger partial charge >= 0.3 is 5.97 Å². The van der Waals surface area contributed by atoms with Gasteiger partial charge in [-0.05, 0) is 30.0 Å². The van der Waals surface area contributed by atoms with E-state index < -0.39 is 0 Å². The van der Waals surface area contributed by atoms with Gasteiger partial charge in [0.2, 0.25) is 0 Å². The van der Waals surface area contributed by atoms with Crippen LogP contribution in [0.25, 0.3) is 0 Å². The fourth-order valence-electron chi connectivity index (χ4n) is 1.73. The van der Waals surface area contributed by atoms with E-state index in [9.17, 15) is 4.79 Å². The van der Waals surface area contributed by atoms with Gasteiger partial charge in [-0.15, -0.1) is 0 Å². The molecule has 0 aliphatic rings. The normalized spacial score (nSPS) is 14.0. The monoisotopic (exact) mass is 312 g/mol. The molecule has 18 heavy (non-hydrogen) atoms. The number of carbonyl (C=O) groups is 1. The number of ether oxygens (including phenoxy) is 1. The highest BCUT2D eigenvalue weighted by Crippen LogP contribution is 2.27. The molecule has 2 unspecified atom stereocenters. The SMILES string of the molecule is CCCCOC(=O)C(C)C(C)c1cccc(Br)c1. The van der Waals surface area contributed by atoms with E-state index in [0.717, 1.165) is 22.9 Å². The minimum absolute atomic E-state index is 0.101. The summed E-state index contributed by atoms with van der Waals surface area (Å²) in [5.41, 5.74) is 1.16. The van der Waals surface area contributed by atoms with Crippen molar-refractivity contribution in [1.82, 2.24) is 0 Å². The molecule has 0 aromatic heterocycles. The molecule has 0 heterocycles. The van der Waals surface area contributed by atoms with Gasteiger partial charge in [-0.25, -0.2) is 0 Å². The maximum absolute atomic E-state index is 11.9. The number of rotatable bonds is 6. The Morgan fingerprint density at radius 2 is 2.11 bits per heavy atom. The average Bonchev–Trinajstić information content (AvgIpc) is 2.37. The summed E-state index contributed by atoms with van der Waals surface area (Å²) in [6, 6.07) is 8.08. The van der Waals surface area contributed by atoms with Gasteiger partial charge in [-0.3, -0.25) is 4.79 Å². The van der Waals surface area contributed by atoms with Crippen LogP contribution in [0.2, 0.25) is 0 Å². The van der Waals surface area contributed by atoms with Crippen molar-refractivity contribution in [3.63, 3.8) is 0 Å². The van der Waals surface area contributed by atoms with Gasteiger partial charge in [0.05, 0.1) is 12.5 Å². The largest absolute Gasteiger partial charge is 0.465 e. The first-order valence-electron chi connectivity index (χ1n) is 6.48. The van der Waals surface area contributed by atoms with Crippen LogP contribution in [-0.2, 0) is 9.53 Å². The molecule has 1 aromatic rings. The highest BCUT2D eigenvalue weighted by molar-refractivity contribution is 9.10. The maximum atomic E-state index is 11.9. The van der Waals surface area contributed by atoms with Gasteiger partial charge in [-0.2, -0.15) is 0 Å². The summed E-state index contributed by atoms with van der Waals surface area (Å²) < 4.78 is 6.31. The molecule has 0 radical (unpaired) electrons. The molecule has 0 fully saturated rings. The van der Waals surface area contributed by atoms with Crippen LogP contribution in [0.1, 0.15) is 45.1 Å². The van der Waals surface area contributed by atoms with Gasteiger partial charge in [0.1, 0.15) is 0 Å². The summed E-state index contributed by atoms with van der Waals surface area (Å²) in [4.78, 5) is 11.9. The predicted molar refractivity (Wildman–Crippen MR) is 77.6 cm³/mol. The molecule has 0 amide bonds. The lowest BCUT2D eigenvalue weighted by Crippen LogP contribution is -2.20. The van der Waals surface area contributed by atoms with E-state index in [4.69, 9.17) is 4.74 Å². The molecule has 2 atom stereocenters. The molecule has 0 N–H and O–H groups in total. The third kappa shape index (κ3) is 4.45. The molecule has 3 heteroatoms. The highest BCUT2D eigenvalue weighted by atomic mass is 79.9. The first-order chi connectivity index (χ1) is 8.56. The van der Waals surface area contributed by atoms with Crippen LogP contribution in [0.3, 0.4) is 0 Å². The molecule has 0 bridgehead atoms. The number of unbranched alkanes of at least 4 members (excludes halogenated alkanes) is 1. The molecule has 0 saturated carbocycles. The Kier molecular flexibility index (Phi) is 6.41. The molecular weight excluding hydrogens is 292 g/mol. The molecule has 1 rings (SSSR count). The van der Waals surface area contributed by atoms with Crippen LogP contribution in [0, 0.1) is 5.92 Å². The quantitative estimate of drug-likeness (QED) is 0.569. The van der Waals surface area contributed by atoms with Gasteiger partial charge in [0, 0.05) is 4.47 Å². The van der Waals surface area contributed by atoms with Crippen LogP contribution in [0.5, 0.6) is 0 Å². The topological polar surface area (TPSA) is 26.3 Å².